The highest BCUT2D eigenvalue weighted by Gasteiger charge is 2.10. The van der Waals surface area contributed by atoms with Crippen LogP contribution < -0.4 is 5.32 Å². The van der Waals surface area contributed by atoms with E-state index in [1.807, 2.05) is 0 Å². The second-order valence-electron chi connectivity index (χ2n) is 2.50. The first-order valence-electron chi connectivity index (χ1n) is 3.74. The van der Waals surface area contributed by atoms with E-state index in [9.17, 15) is 9.00 Å². The van der Waals surface area contributed by atoms with Crippen LogP contribution in [0.4, 0.5) is 4.79 Å². The van der Waals surface area contributed by atoms with Crippen LogP contribution in [-0.4, -0.2) is 34.6 Å². The van der Waals surface area contributed by atoms with Gasteiger partial charge in [0, 0.05) is 24.1 Å². The van der Waals surface area contributed by atoms with Crippen LogP contribution in [0.3, 0.4) is 0 Å². The normalized spacial score (nSPS) is 16.2. The summed E-state index contributed by atoms with van der Waals surface area (Å²) in [6, 6.07) is 0. The van der Waals surface area contributed by atoms with Gasteiger partial charge < -0.3 is 5.32 Å². The molecule has 0 heterocycles. The molecule has 13 heavy (non-hydrogen) atoms. The van der Waals surface area contributed by atoms with Crippen molar-refractivity contribution in [1.82, 2.24) is 5.32 Å². The maximum Gasteiger partial charge on any atom is 0.433 e. The maximum atomic E-state index is 11.0. The zero-order valence-electron chi connectivity index (χ0n) is 8.16. The van der Waals surface area contributed by atoms with Gasteiger partial charge in [-0.3, -0.25) is 9.05 Å². The third-order valence-corrected chi connectivity index (χ3v) is 2.90. The lowest BCUT2D eigenvalue weighted by molar-refractivity contribution is 0.153. The second kappa shape index (κ2) is 5.69. The number of amides is 1. The molecule has 0 bridgehead atoms. The van der Waals surface area contributed by atoms with Gasteiger partial charge in [-0.1, -0.05) is 5.16 Å². The first-order valence-corrected chi connectivity index (χ1v) is 5.36. The molecule has 0 spiro atoms. The average molecular weight is 206 g/mol. The molecule has 2 unspecified atom stereocenters. The van der Waals surface area contributed by atoms with Gasteiger partial charge in [-0.25, -0.2) is 4.79 Å². The summed E-state index contributed by atoms with van der Waals surface area (Å²) in [6.45, 7) is 3.41. The Hall–Kier alpha value is -0.910. The van der Waals surface area contributed by atoms with E-state index in [1.54, 1.807) is 20.1 Å². The van der Waals surface area contributed by atoms with Crippen LogP contribution in [-0.2, 0) is 15.6 Å². The standard InChI is InChI=1S/C7H14N2O3S/c1-5(6(2)13(4)11)9-12-7(10)8-3/h6H,1-4H3,(H,8,10)/b9-5+. The van der Waals surface area contributed by atoms with Crippen molar-refractivity contribution < 1.29 is 13.8 Å². The Morgan fingerprint density at radius 2 is 2.15 bits per heavy atom. The predicted molar refractivity (Wildman–Crippen MR) is 52.2 cm³/mol. The minimum atomic E-state index is -1.000. The smallest absolute Gasteiger partial charge is 0.323 e. The van der Waals surface area contributed by atoms with Gasteiger partial charge >= 0.3 is 6.09 Å². The van der Waals surface area contributed by atoms with Crippen LogP contribution in [0.25, 0.3) is 0 Å². The maximum absolute atomic E-state index is 11.0. The molecule has 0 radical (unpaired) electrons. The van der Waals surface area contributed by atoms with Crippen LogP contribution in [0.15, 0.2) is 5.16 Å². The van der Waals surface area contributed by atoms with Crippen molar-refractivity contribution in [2.24, 2.45) is 5.16 Å². The first kappa shape index (κ1) is 12.1. The van der Waals surface area contributed by atoms with E-state index < -0.39 is 16.9 Å². The highest BCUT2D eigenvalue weighted by atomic mass is 32.2. The Bertz CT molecular complexity index is 240. The Morgan fingerprint density at radius 3 is 2.54 bits per heavy atom. The third-order valence-electron chi connectivity index (χ3n) is 1.56. The number of hydrogen-bond acceptors (Lipinski definition) is 4. The molecule has 0 rings (SSSR count). The summed E-state index contributed by atoms with van der Waals surface area (Å²) in [7, 11) is 0.440. The van der Waals surface area contributed by atoms with E-state index >= 15 is 0 Å². The predicted octanol–water partition coefficient (Wildman–Crippen LogP) is 0.485. The number of carbonyl (C=O) groups excluding carboxylic acids is 1. The van der Waals surface area contributed by atoms with Crippen molar-refractivity contribution in [2.75, 3.05) is 13.3 Å². The van der Waals surface area contributed by atoms with Crippen LogP contribution in [0, 0.1) is 0 Å². The fraction of sp³-hybridized carbons (Fsp3) is 0.714. The zero-order chi connectivity index (χ0) is 10.4. The lowest BCUT2D eigenvalue weighted by atomic mass is 10.3. The molecule has 0 aliphatic rings. The molecule has 1 amide bonds. The van der Waals surface area contributed by atoms with Crippen molar-refractivity contribution in [1.29, 1.82) is 0 Å². The van der Waals surface area contributed by atoms with Gasteiger partial charge in [0.1, 0.15) is 0 Å². The topological polar surface area (TPSA) is 67.8 Å². The summed E-state index contributed by atoms with van der Waals surface area (Å²) in [5.74, 6) is 0. The van der Waals surface area contributed by atoms with Crippen LogP contribution in [0.2, 0.25) is 0 Å². The van der Waals surface area contributed by atoms with Gasteiger partial charge in [0.15, 0.2) is 0 Å². The Morgan fingerprint density at radius 1 is 1.62 bits per heavy atom. The minimum Gasteiger partial charge on any atom is -0.323 e. The Labute approximate surface area is 80.0 Å². The number of carbonyl (C=O) groups is 1. The van der Waals surface area contributed by atoms with E-state index in [-0.39, 0.29) is 5.25 Å². The summed E-state index contributed by atoms with van der Waals surface area (Å²) in [5, 5.41) is 5.57. The van der Waals surface area contributed by atoms with Gasteiger partial charge in [-0.2, -0.15) is 0 Å². The van der Waals surface area contributed by atoms with E-state index in [4.69, 9.17) is 0 Å². The molecule has 0 aromatic heterocycles. The summed E-state index contributed by atoms with van der Waals surface area (Å²) < 4.78 is 11.0. The molecule has 2 atom stereocenters. The average Bonchev–Trinajstić information content (AvgIpc) is 2.11. The third kappa shape index (κ3) is 4.62. The van der Waals surface area contributed by atoms with Gasteiger partial charge in [0.05, 0.1) is 11.0 Å². The molecule has 0 fully saturated rings. The molecule has 0 aliphatic carbocycles. The zero-order valence-corrected chi connectivity index (χ0v) is 8.97. The quantitative estimate of drug-likeness (QED) is 0.415. The number of hydrogen-bond donors (Lipinski definition) is 1. The van der Waals surface area contributed by atoms with E-state index in [2.05, 4.69) is 15.3 Å². The fourth-order valence-corrected chi connectivity index (χ4v) is 0.997. The van der Waals surface area contributed by atoms with Gasteiger partial charge in [0.25, 0.3) is 0 Å². The number of oxime groups is 1. The molecular weight excluding hydrogens is 192 g/mol. The monoisotopic (exact) mass is 206 g/mol. The van der Waals surface area contributed by atoms with Crippen molar-refractivity contribution >= 4 is 22.6 Å². The van der Waals surface area contributed by atoms with Crippen molar-refractivity contribution in [3.8, 4) is 0 Å². The fourth-order valence-electron chi connectivity index (χ4n) is 0.474. The Balaban J connectivity index is 4.16. The van der Waals surface area contributed by atoms with Gasteiger partial charge in [-0.05, 0) is 13.8 Å². The lowest BCUT2D eigenvalue weighted by Crippen LogP contribution is -2.22. The van der Waals surface area contributed by atoms with Crippen molar-refractivity contribution in [2.45, 2.75) is 19.1 Å². The largest absolute Gasteiger partial charge is 0.433 e. The molecule has 0 saturated carbocycles. The second-order valence-corrected chi connectivity index (χ2v) is 4.21. The van der Waals surface area contributed by atoms with E-state index in [1.165, 1.54) is 7.05 Å². The number of nitrogens with one attached hydrogen (secondary N) is 1. The summed E-state index contributed by atoms with van der Waals surface area (Å²) in [5.41, 5.74) is 0.532. The molecule has 0 aliphatic heterocycles. The SMILES string of the molecule is CNC(=O)O/N=C(\C)C(C)S(C)=O. The summed E-state index contributed by atoms with van der Waals surface area (Å²) in [4.78, 5) is 15.0. The highest BCUT2D eigenvalue weighted by Crippen LogP contribution is 1.97. The van der Waals surface area contributed by atoms with E-state index in [0.29, 0.717) is 5.71 Å². The molecule has 0 aromatic carbocycles. The summed E-state index contributed by atoms with van der Waals surface area (Å²) >= 11 is 0. The van der Waals surface area contributed by atoms with Crippen LogP contribution >= 0.6 is 0 Å². The van der Waals surface area contributed by atoms with E-state index in [0.717, 1.165) is 0 Å². The first-order chi connectivity index (χ1) is 5.99. The molecule has 1 N–H and O–H groups in total. The van der Waals surface area contributed by atoms with Crippen molar-refractivity contribution in [3.63, 3.8) is 0 Å². The highest BCUT2D eigenvalue weighted by molar-refractivity contribution is 7.85. The minimum absolute atomic E-state index is 0.204. The van der Waals surface area contributed by atoms with Crippen molar-refractivity contribution in [3.05, 3.63) is 0 Å². The molecular formula is C7H14N2O3S. The molecule has 6 heteroatoms. The van der Waals surface area contributed by atoms with Crippen LogP contribution in [0.5, 0.6) is 0 Å². The lowest BCUT2D eigenvalue weighted by Gasteiger charge is -2.05. The molecule has 5 nitrogen and oxygen atoms in total. The summed E-state index contributed by atoms with van der Waals surface area (Å²) in [6.07, 6.45) is 0.942. The molecule has 76 valence electrons. The van der Waals surface area contributed by atoms with Crippen LogP contribution in [0.1, 0.15) is 13.8 Å². The van der Waals surface area contributed by atoms with Gasteiger partial charge in [-0.15, -0.1) is 0 Å². The molecule has 0 saturated heterocycles. The number of rotatable bonds is 3. The van der Waals surface area contributed by atoms with Gasteiger partial charge in [0.2, 0.25) is 0 Å². The molecule has 0 aromatic rings. The number of nitrogens with zero attached hydrogens (tertiary/aromatic N) is 1. The Kier molecular flexibility index (Phi) is 5.29.